The molecule has 2 radical (unpaired) electrons. The van der Waals surface area contributed by atoms with Crippen LogP contribution in [0.1, 0.15) is 41.6 Å². The van der Waals surface area contributed by atoms with Crippen LogP contribution in [0.2, 0.25) is 5.82 Å². The molecule has 5 nitrogen and oxygen atoms in total. The molecule has 0 aromatic heterocycles. The maximum atomic E-state index is 11.4. The predicted molar refractivity (Wildman–Crippen MR) is 98.1 cm³/mol. The molecule has 25 heavy (non-hydrogen) atoms. The summed E-state index contributed by atoms with van der Waals surface area (Å²) >= 11 is 0. The van der Waals surface area contributed by atoms with Gasteiger partial charge in [-0.05, 0) is 30.0 Å². The molecule has 132 valence electrons. The number of nitrogens with zero attached hydrogens (tertiary/aromatic N) is 1. The fourth-order valence-corrected chi connectivity index (χ4v) is 3.06. The number of nitrogens with one attached hydrogen (secondary N) is 1. The first kappa shape index (κ1) is 18.0. The summed E-state index contributed by atoms with van der Waals surface area (Å²) in [5, 5.41) is 0. The molecule has 1 N–H and O–H groups in total. The van der Waals surface area contributed by atoms with Gasteiger partial charge in [0.1, 0.15) is 11.9 Å². The molecular formula is C19H25BN2O3. The van der Waals surface area contributed by atoms with E-state index in [0.29, 0.717) is 23.8 Å². The van der Waals surface area contributed by atoms with Gasteiger partial charge in [0, 0.05) is 25.3 Å². The Morgan fingerprint density at radius 1 is 1.48 bits per heavy atom. The standard InChI is InChI=1S/C19H25BN2O3/c1-3-6-24-21-13(2)9-22-10-16(11-22)25-19-5-4-14(7-15(19)12-23)17-8-18(17)20/h4-5,7,12,16-18,21H,2-3,6,8-11H2,1H3. The van der Waals surface area contributed by atoms with Crippen LogP contribution in [0.4, 0.5) is 0 Å². The normalized spacial score (nSPS) is 22.9. The number of carbonyl (C=O) groups excluding carboxylic acids is 1. The van der Waals surface area contributed by atoms with Crippen molar-refractivity contribution in [1.82, 2.24) is 10.4 Å². The number of benzene rings is 1. The SMILES string of the molecule is [B]C1CC1c1ccc(OC2CN(CC(=C)NOCCC)C2)c(C=O)c1. The molecule has 0 bridgehead atoms. The number of rotatable bonds is 10. The van der Waals surface area contributed by atoms with E-state index in [1.54, 1.807) is 0 Å². The van der Waals surface area contributed by atoms with E-state index in [0.717, 1.165) is 50.0 Å². The predicted octanol–water partition coefficient (Wildman–Crippen LogP) is 2.45. The topological polar surface area (TPSA) is 50.8 Å². The Balaban J connectivity index is 1.45. The highest BCUT2D eigenvalue weighted by Gasteiger charge is 2.34. The van der Waals surface area contributed by atoms with Gasteiger partial charge in [-0.1, -0.05) is 31.8 Å². The quantitative estimate of drug-likeness (QED) is 0.307. The average molecular weight is 340 g/mol. The number of ether oxygens (including phenoxy) is 1. The molecule has 1 saturated carbocycles. The summed E-state index contributed by atoms with van der Waals surface area (Å²) in [6.45, 7) is 9.01. The summed E-state index contributed by atoms with van der Waals surface area (Å²) in [4.78, 5) is 18.8. The number of likely N-dealkylation sites (tertiary alicyclic amines) is 1. The molecule has 1 heterocycles. The molecule has 0 amide bonds. The monoisotopic (exact) mass is 340 g/mol. The van der Waals surface area contributed by atoms with Gasteiger partial charge in [0.05, 0.1) is 20.0 Å². The highest BCUT2D eigenvalue weighted by atomic mass is 16.6. The number of hydrogen-bond acceptors (Lipinski definition) is 5. The van der Waals surface area contributed by atoms with Crippen molar-refractivity contribution in [1.29, 1.82) is 0 Å². The van der Waals surface area contributed by atoms with Crippen LogP contribution in [0.15, 0.2) is 30.5 Å². The van der Waals surface area contributed by atoms with Crippen molar-refractivity contribution in [2.24, 2.45) is 0 Å². The van der Waals surface area contributed by atoms with Crippen molar-refractivity contribution in [3.05, 3.63) is 41.6 Å². The molecule has 2 fully saturated rings. The van der Waals surface area contributed by atoms with Gasteiger partial charge in [-0.3, -0.25) is 20.0 Å². The molecule has 1 saturated heterocycles. The maximum Gasteiger partial charge on any atom is 0.153 e. The van der Waals surface area contributed by atoms with E-state index < -0.39 is 0 Å². The summed E-state index contributed by atoms with van der Waals surface area (Å²) < 4.78 is 5.98. The first-order valence-corrected chi connectivity index (χ1v) is 8.90. The fourth-order valence-electron chi connectivity index (χ4n) is 3.06. The van der Waals surface area contributed by atoms with Gasteiger partial charge in [-0.2, -0.15) is 0 Å². The van der Waals surface area contributed by atoms with Crippen LogP contribution in [-0.2, 0) is 4.84 Å². The third-order valence-electron chi connectivity index (χ3n) is 4.58. The first-order valence-electron chi connectivity index (χ1n) is 8.90. The lowest BCUT2D eigenvalue weighted by Gasteiger charge is -2.39. The van der Waals surface area contributed by atoms with E-state index in [1.165, 1.54) is 0 Å². The Morgan fingerprint density at radius 3 is 2.88 bits per heavy atom. The molecule has 3 rings (SSSR count). The van der Waals surface area contributed by atoms with E-state index in [1.807, 2.05) is 18.2 Å². The molecule has 2 atom stereocenters. The molecule has 2 unspecified atom stereocenters. The summed E-state index contributed by atoms with van der Waals surface area (Å²) in [7, 11) is 5.89. The largest absolute Gasteiger partial charge is 0.487 e. The van der Waals surface area contributed by atoms with Crippen LogP contribution in [-0.4, -0.2) is 51.4 Å². The summed E-state index contributed by atoms with van der Waals surface area (Å²) in [5.74, 6) is 1.27. The summed E-state index contributed by atoms with van der Waals surface area (Å²) in [6.07, 6.45) is 2.91. The van der Waals surface area contributed by atoms with Crippen LogP contribution in [0.3, 0.4) is 0 Å². The average Bonchev–Trinajstić information content (AvgIpc) is 3.30. The van der Waals surface area contributed by atoms with Gasteiger partial charge in [0.2, 0.25) is 0 Å². The number of hydrogen-bond donors (Lipinski definition) is 1. The van der Waals surface area contributed by atoms with E-state index in [4.69, 9.17) is 17.4 Å². The number of carbonyl (C=O) groups is 1. The lowest BCUT2D eigenvalue weighted by atomic mass is 9.96. The van der Waals surface area contributed by atoms with E-state index >= 15 is 0 Å². The second-order valence-electron chi connectivity index (χ2n) is 6.91. The van der Waals surface area contributed by atoms with Crippen molar-refractivity contribution in [2.75, 3.05) is 26.2 Å². The van der Waals surface area contributed by atoms with Crippen molar-refractivity contribution >= 4 is 14.1 Å². The Hall–Kier alpha value is -1.79. The maximum absolute atomic E-state index is 11.4. The molecule has 1 aromatic carbocycles. The van der Waals surface area contributed by atoms with Crippen LogP contribution in [0.5, 0.6) is 5.75 Å². The van der Waals surface area contributed by atoms with Gasteiger partial charge < -0.3 is 4.74 Å². The minimum Gasteiger partial charge on any atom is -0.487 e. The van der Waals surface area contributed by atoms with Gasteiger partial charge in [0.25, 0.3) is 0 Å². The smallest absolute Gasteiger partial charge is 0.153 e. The van der Waals surface area contributed by atoms with Crippen molar-refractivity contribution in [3.63, 3.8) is 0 Å². The second kappa shape index (κ2) is 8.06. The minimum absolute atomic E-state index is 0.0945. The van der Waals surface area contributed by atoms with E-state index in [2.05, 4.69) is 23.9 Å². The zero-order valence-electron chi connectivity index (χ0n) is 14.7. The van der Waals surface area contributed by atoms with E-state index in [9.17, 15) is 4.79 Å². The minimum atomic E-state index is 0.0945. The Bertz CT molecular complexity index is 631. The summed E-state index contributed by atoms with van der Waals surface area (Å²) in [5.41, 5.74) is 5.43. The molecule has 1 aliphatic carbocycles. The Morgan fingerprint density at radius 2 is 2.24 bits per heavy atom. The third kappa shape index (κ3) is 4.64. The molecule has 2 aliphatic rings. The number of hydroxylamine groups is 1. The zero-order valence-corrected chi connectivity index (χ0v) is 14.7. The second-order valence-corrected chi connectivity index (χ2v) is 6.91. The third-order valence-corrected chi connectivity index (χ3v) is 4.58. The zero-order chi connectivity index (χ0) is 17.8. The lowest BCUT2D eigenvalue weighted by molar-refractivity contribution is 0.0128. The van der Waals surface area contributed by atoms with Gasteiger partial charge in [-0.25, -0.2) is 0 Å². The van der Waals surface area contributed by atoms with Crippen LogP contribution in [0, 0.1) is 0 Å². The van der Waals surface area contributed by atoms with Crippen molar-refractivity contribution < 1.29 is 14.4 Å². The highest BCUT2D eigenvalue weighted by molar-refractivity contribution is 6.14. The van der Waals surface area contributed by atoms with Crippen LogP contribution < -0.4 is 10.2 Å². The van der Waals surface area contributed by atoms with Gasteiger partial charge in [0.15, 0.2) is 6.29 Å². The van der Waals surface area contributed by atoms with Gasteiger partial charge >= 0.3 is 0 Å². The summed E-state index contributed by atoms with van der Waals surface area (Å²) in [6, 6.07) is 5.83. The van der Waals surface area contributed by atoms with Crippen molar-refractivity contribution in [2.45, 2.75) is 37.6 Å². The Kier molecular flexibility index (Phi) is 5.81. The van der Waals surface area contributed by atoms with E-state index in [-0.39, 0.29) is 11.9 Å². The molecule has 1 aliphatic heterocycles. The fraction of sp³-hybridized carbons (Fsp3) is 0.526. The van der Waals surface area contributed by atoms with Crippen molar-refractivity contribution in [3.8, 4) is 5.75 Å². The lowest BCUT2D eigenvalue weighted by Crippen LogP contribution is -2.54. The van der Waals surface area contributed by atoms with Crippen LogP contribution in [0.25, 0.3) is 0 Å². The van der Waals surface area contributed by atoms with Gasteiger partial charge in [-0.15, -0.1) is 0 Å². The Labute approximate surface area is 150 Å². The molecule has 1 aromatic rings. The molecule has 6 heteroatoms. The number of aldehydes is 1. The van der Waals surface area contributed by atoms with Crippen LogP contribution >= 0.6 is 0 Å². The highest BCUT2D eigenvalue weighted by Crippen LogP contribution is 2.50. The molecule has 0 spiro atoms. The first-order chi connectivity index (χ1) is 12.1. The molecular weight excluding hydrogens is 315 g/mol.